The van der Waals surface area contributed by atoms with Crippen molar-refractivity contribution >= 4 is 5.91 Å². The highest BCUT2D eigenvalue weighted by atomic mass is 16.5. The van der Waals surface area contributed by atoms with Crippen LogP contribution in [0.2, 0.25) is 0 Å². The zero-order chi connectivity index (χ0) is 21.0. The second kappa shape index (κ2) is 8.56. The molecule has 0 saturated carbocycles. The summed E-state index contributed by atoms with van der Waals surface area (Å²) < 4.78 is 11.2. The number of aryl methyl sites for hydroxylation is 1. The van der Waals surface area contributed by atoms with E-state index in [0.717, 1.165) is 17.1 Å². The van der Waals surface area contributed by atoms with E-state index >= 15 is 0 Å². The minimum Gasteiger partial charge on any atom is -0.496 e. The van der Waals surface area contributed by atoms with E-state index in [-0.39, 0.29) is 11.3 Å². The van der Waals surface area contributed by atoms with E-state index in [4.69, 9.17) is 9.15 Å². The first-order valence-corrected chi connectivity index (χ1v) is 9.87. The second-order valence-corrected chi connectivity index (χ2v) is 8.33. The van der Waals surface area contributed by atoms with E-state index in [1.807, 2.05) is 30.3 Å². The van der Waals surface area contributed by atoms with Gasteiger partial charge in [-0.05, 0) is 47.2 Å². The van der Waals surface area contributed by atoms with Crippen LogP contribution in [0.5, 0.6) is 5.75 Å². The summed E-state index contributed by atoms with van der Waals surface area (Å²) in [5.74, 6) is 1.62. The van der Waals surface area contributed by atoms with Gasteiger partial charge in [-0.3, -0.25) is 4.79 Å². The third-order valence-electron chi connectivity index (χ3n) is 5.10. The van der Waals surface area contributed by atoms with Crippen molar-refractivity contribution in [3.05, 3.63) is 88.4 Å². The molecule has 0 fully saturated rings. The van der Waals surface area contributed by atoms with E-state index in [1.54, 1.807) is 13.2 Å². The van der Waals surface area contributed by atoms with Crippen LogP contribution < -0.4 is 10.1 Å². The molecule has 1 amide bonds. The van der Waals surface area contributed by atoms with Crippen molar-refractivity contribution in [2.45, 2.75) is 46.1 Å². The van der Waals surface area contributed by atoms with Crippen molar-refractivity contribution < 1.29 is 13.9 Å². The molecule has 2 aromatic carbocycles. The van der Waals surface area contributed by atoms with Gasteiger partial charge in [-0.2, -0.15) is 0 Å². The van der Waals surface area contributed by atoms with Crippen LogP contribution in [0.3, 0.4) is 0 Å². The predicted molar refractivity (Wildman–Crippen MR) is 116 cm³/mol. The Morgan fingerprint density at radius 3 is 2.52 bits per heavy atom. The van der Waals surface area contributed by atoms with Crippen molar-refractivity contribution in [1.29, 1.82) is 0 Å². The maximum atomic E-state index is 12.5. The zero-order valence-corrected chi connectivity index (χ0v) is 17.8. The van der Waals surface area contributed by atoms with Crippen LogP contribution in [0, 0.1) is 6.92 Å². The molecule has 0 aliphatic heterocycles. The zero-order valence-electron chi connectivity index (χ0n) is 17.8. The van der Waals surface area contributed by atoms with Crippen LogP contribution in [0.25, 0.3) is 0 Å². The molecule has 4 nitrogen and oxygen atoms in total. The van der Waals surface area contributed by atoms with E-state index in [2.05, 4.69) is 51.2 Å². The van der Waals surface area contributed by atoms with Gasteiger partial charge in [-0.1, -0.05) is 57.2 Å². The van der Waals surface area contributed by atoms with Crippen molar-refractivity contribution in [3.8, 4) is 5.75 Å². The van der Waals surface area contributed by atoms with Crippen LogP contribution in [0.4, 0.5) is 0 Å². The molecule has 3 aromatic rings. The topological polar surface area (TPSA) is 51.5 Å². The number of amides is 1. The number of carbonyl (C=O) groups excluding carboxylic acids is 1. The molecule has 0 spiro atoms. The molecule has 0 radical (unpaired) electrons. The molecule has 0 bridgehead atoms. The molecule has 0 aliphatic carbocycles. The molecule has 0 aliphatic rings. The monoisotopic (exact) mass is 391 g/mol. The minimum atomic E-state index is -0.234. The number of benzene rings is 2. The third kappa shape index (κ3) is 5.08. The Morgan fingerprint density at radius 2 is 1.79 bits per heavy atom. The Morgan fingerprint density at radius 1 is 1.03 bits per heavy atom. The lowest BCUT2D eigenvalue weighted by Crippen LogP contribution is -2.22. The quantitative estimate of drug-likeness (QED) is 0.611. The van der Waals surface area contributed by atoms with Crippen LogP contribution in [0.15, 0.2) is 59.0 Å². The van der Waals surface area contributed by atoms with Crippen molar-refractivity contribution in [1.82, 2.24) is 5.32 Å². The van der Waals surface area contributed by atoms with E-state index in [9.17, 15) is 4.79 Å². The molecule has 1 heterocycles. The van der Waals surface area contributed by atoms with Gasteiger partial charge in [-0.15, -0.1) is 0 Å². The van der Waals surface area contributed by atoms with Crippen LogP contribution in [-0.2, 0) is 18.4 Å². The average Bonchev–Trinajstić information content (AvgIpc) is 3.16. The highest BCUT2D eigenvalue weighted by molar-refractivity contribution is 5.91. The fraction of sp³-hybridized carbons (Fsp3) is 0.320. The smallest absolute Gasteiger partial charge is 0.287 e. The van der Waals surface area contributed by atoms with E-state index in [0.29, 0.717) is 18.7 Å². The molecule has 1 aromatic heterocycles. The van der Waals surface area contributed by atoms with Gasteiger partial charge in [0, 0.05) is 18.5 Å². The van der Waals surface area contributed by atoms with Gasteiger partial charge in [0.05, 0.1) is 7.11 Å². The van der Waals surface area contributed by atoms with Gasteiger partial charge in [0.25, 0.3) is 5.91 Å². The summed E-state index contributed by atoms with van der Waals surface area (Å²) in [6.45, 7) is 9.10. The first-order valence-electron chi connectivity index (χ1n) is 9.87. The standard InChI is InChI=1S/C25H29NO3/c1-17-10-11-20(25(2,3)4)14-19(17)15-21-12-13-23(29-21)24(27)26-16-18-8-6-7-9-22(18)28-5/h6-14H,15-16H2,1-5H3,(H,26,27). The first kappa shape index (κ1) is 20.7. The number of furan rings is 1. The Balaban J connectivity index is 1.68. The van der Waals surface area contributed by atoms with Crippen LogP contribution in [-0.4, -0.2) is 13.0 Å². The largest absolute Gasteiger partial charge is 0.496 e. The van der Waals surface area contributed by atoms with Gasteiger partial charge in [0.1, 0.15) is 11.5 Å². The molecule has 152 valence electrons. The van der Waals surface area contributed by atoms with Gasteiger partial charge in [0.15, 0.2) is 5.76 Å². The number of ether oxygens (including phenoxy) is 1. The average molecular weight is 392 g/mol. The summed E-state index contributed by atoms with van der Waals surface area (Å²) in [5, 5.41) is 2.89. The SMILES string of the molecule is COc1ccccc1CNC(=O)c1ccc(Cc2cc(C(C)(C)C)ccc2C)o1. The lowest BCUT2D eigenvalue weighted by atomic mass is 9.85. The van der Waals surface area contributed by atoms with E-state index in [1.165, 1.54) is 16.7 Å². The molecule has 0 saturated heterocycles. The highest BCUT2D eigenvalue weighted by Gasteiger charge is 2.16. The lowest BCUT2D eigenvalue weighted by Gasteiger charge is -2.20. The lowest BCUT2D eigenvalue weighted by molar-refractivity contribution is 0.0921. The summed E-state index contributed by atoms with van der Waals surface area (Å²) in [7, 11) is 1.62. The van der Waals surface area contributed by atoms with Crippen LogP contribution in [0.1, 0.15) is 59.3 Å². The van der Waals surface area contributed by atoms with Gasteiger partial charge in [0.2, 0.25) is 0 Å². The Labute approximate surface area is 172 Å². The third-order valence-corrected chi connectivity index (χ3v) is 5.10. The van der Waals surface area contributed by atoms with Crippen molar-refractivity contribution in [3.63, 3.8) is 0 Å². The molecule has 1 N–H and O–H groups in total. The normalized spacial score (nSPS) is 11.3. The van der Waals surface area contributed by atoms with Gasteiger partial charge < -0.3 is 14.5 Å². The minimum absolute atomic E-state index is 0.0924. The molecular weight excluding hydrogens is 362 g/mol. The number of hydrogen-bond acceptors (Lipinski definition) is 3. The van der Waals surface area contributed by atoms with Crippen molar-refractivity contribution in [2.24, 2.45) is 0 Å². The molecule has 0 unspecified atom stereocenters. The molecule has 0 atom stereocenters. The summed E-state index contributed by atoms with van der Waals surface area (Å²) >= 11 is 0. The molecular formula is C25H29NO3. The molecule has 3 rings (SSSR count). The van der Waals surface area contributed by atoms with Crippen LogP contribution >= 0.6 is 0 Å². The maximum Gasteiger partial charge on any atom is 0.287 e. The summed E-state index contributed by atoms with van der Waals surface area (Å²) in [6.07, 6.45) is 0.662. The number of methoxy groups -OCH3 is 1. The number of nitrogens with one attached hydrogen (secondary N) is 1. The van der Waals surface area contributed by atoms with Gasteiger partial charge in [-0.25, -0.2) is 0 Å². The number of para-hydroxylation sites is 1. The highest BCUT2D eigenvalue weighted by Crippen LogP contribution is 2.26. The second-order valence-electron chi connectivity index (χ2n) is 8.33. The van der Waals surface area contributed by atoms with Crippen molar-refractivity contribution in [2.75, 3.05) is 7.11 Å². The Hall–Kier alpha value is -3.01. The number of rotatable bonds is 6. The summed E-state index contributed by atoms with van der Waals surface area (Å²) in [4.78, 5) is 12.5. The maximum absolute atomic E-state index is 12.5. The van der Waals surface area contributed by atoms with Gasteiger partial charge >= 0.3 is 0 Å². The Bertz CT molecular complexity index is 995. The summed E-state index contributed by atoms with van der Waals surface area (Å²) in [6, 6.07) is 17.8. The molecule has 4 heteroatoms. The predicted octanol–water partition coefficient (Wildman–Crippen LogP) is 5.41. The fourth-order valence-corrected chi connectivity index (χ4v) is 3.22. The molecule has 29 heavy (non-hydrogen) atoms. The first-order chi connectivity index (χ1) is 13.8. The number of carbonyl (C=O) groups is 1. The summed E-state index contributed by atoms with van der Waals surface area (Å²) in [5.41, 5.74) is 4.74. The van der Waals surface area contributed by atoms with E-state index < -0.39 is 0 Å². The Kier molecular flexibility index (Phi) is 6.12. The number of hydrogen-bond donors (Lipinski definition) is 1. The fourth-order valence-electron chi connectivity index (χ4n) is 3.22.